The molecular weight excluding hydrogens is 401 g/mol. The van der Waals surface area contributed by atoms with Crippen molar-refractivity contribution in [2.75, 3.05) is 4.72 Å². The molecule has 0 bridgehead atoms. The minimum Gasteiger partial charge on any atom is -0.477 e. The Morgan fingerprint density at radius 3 is 2.58 bits per heavy atom. The predicted molar refractivity (Wildman–Crippen MR) is 81.2 cm³/mol. The van der Waals surface area contributed by atoms with E-state index in [2.05, 4.69) is 27.3 Å². The highest BCUT2D eigenvalue weighted by Gasteiger charge is 2.19. The maximum absolute atomic E-state index is 12.1. The minimum absolute atomic E-state index is 0.0111. The number of aromatic carboxylic acids is 1. The van der Waals surface area contributed by atoms with E-state index in [-0.39, 0.29) is 9.09 Å². The Morgan fingerprint density at radius 2 is 2.00 bits per heavy atom. The minimum atomic E-state index is -3.74. The van der Waals surface area contributed by atoms with E-state index >= 15 is 0 Å². The second-order valence-corrected chi connectivity index (χ2v) is 7.78. The van der Waals surface area contributed by atoms with Crippen LogP contribution in [0.1, 0.15) is 9.67 Å². The zero-order valence-electron chi connectivity index (χ0n) is 9.33. The summed E-state index contributed by atoms with van der Waals surface area (Å²) in [6.45, 7) is 0. The number of carboxylic acid groups (broad SMARTS) is 1. The fourth-order valence-electron chi connectivity index (χ4n) is 1.34. The largest absolute Gasteiger partial charge is 0.477 e. The van der Waals surface area contributed by atoms with Crippen molar-refractivity contribution in [1.82, 2.24) is 0 Å². The summed E-state index contributed by atoms with van der Waals surface area (Å²) in [7, 11) is -3.74. The summed E-state index contributed by atoms with van der Waals surface area (Å²) in [6, 6.07) is 9.44. The molecule has 0 fully saturated rings. The van der Waals surface area contributed by atoms with Crippen molar-refractivity contribution in [1.29, 1.82) is 0 Å². The van der Waals surface area contributed by atoms with Gasteiger partial charge in [-0.15, -0.1) is 11.3 Å². The third-order valence-corrected chi connectivity index (χ3v) is 5.75. The number of hydrogen-bond acceptors (Lipinski definition) is 4. The summed E-state index contributed by atoms with van der Waals surface area (Å²) in [6.07, 6.45) is 0. The molecule has 1 aromatic heterocycles. The molecule has 2 aromatic rings. The van der Waals surface area contributed by atoms with Crippen LogP contribution in [0.5, 0.6) is 0 Å². The molecule has 2 N–H and O–H groups in total. The number of carboxylic acids is 1. The van der Waals surface area contributed by atoms with E-state index in [0.717, 1.165) is 14.9 Å². The molecule has 1 heterocycles. The Balaban J connectivity index is 2.29. The molecule has 0 atom stereocenters. The molecule has 0 radical (unpaired) electrons. The van der Waals surface area contributed by atoms with Crippen LogP contribution < -0.4 is 4.72 Å². The third-order valence-electron chi connectivity index (χ3n) is 2.13. The number of rotatable bonds is 4. The normalized spacial score (nSPS) is 11.2. The first-order valence-electron chi connectivity index (χ1n) is 5.00. The van der Waals surface area contributed by atoms with Crippen molar-refractivity contribution < 1.29 is 18.3 Å². The second-order valence-electron chi connectivity index (χ2n) is 3.54. The number of carbonyl (C=O) groups is 1. The van der Waals surface area contributed by atoms with Crippen LogP contribution in [0.2, 0.25) is 0 Å². The summed E-state index contributed by atoms with van der Waals surface area (Å²) >= 11 is 2.79. The van der Waals surface area contributed by atoms with Crippen LogP contribution in [0.3, 0.4) is 0 Å². The molecule has 8 heteroatoms. The molecular formula is C11H8INO4S2. The fourth-order valence-corrected chi connectivity index (χ4v) is 4.07. The van der Waals surface area contributed by atoms with Crippen LogP contribution in [0.4, 0.5) is 5.69 Å². The molecule has 0 saturated carbocycles. The lowest BCUT2D eigenvalue weighted by molar-refractivity contribution is 0.0702. The van der Waals surface area contributed by atoms with E-state index in [9.17, 15) is 13.2 Å². The molecule has 1 aromatic carbocycles. The van der Waals surface area contributed by atoms with Crippen molar-refractivity contribution in [3.05, 3.63) is 44.8 Å². The van der Waals surface area contributed by atoms with Gasteiger partial charge in [-0.05, 0) is 52.9 Å². The van der Waals surface area contributed by atoms with Gasteiger partial charge in [0.2, 0.25) is 0 Å². The van der Waals surface area contributed by atoms with E-state index in [1.54, 1.807) is 18.2 Å². The third kappa shape index (κ3) is 3.45. The first-order chi connectivity index (χ1) is 8.88. The van der Waals surface area contributed by atoms with Crippen LogP contribution >= 0.6 is 33.9 Å². The number of sulfonamides is 1. The van der Waals surface area contributed by atoms with Crippen LogP contribution in [-0.4, -0.2) is 19.5 Å². The molecule has 100 valence electrons. The van der Waals surface area contributed by atoms with Crippen LogP contribution in [0.25, 0.3) is 0 Å². The van der Waals surface area contributed by atoms with Gasteiger partial charge in [-0.25, -0.2) is 13.2 Å². The lowest BCUT2D eigenvalue weighted by atomic mass is 10.3. The average molecular weight is 409 g/mol. The zero-order valence-corrected chi connectivity index (χ0v) is 13.1. The Morgan fingerprint density at radius 1 is 1.26 bits per heavy atom. The highest BCUT2D eigenvalue weighted by atomic mass is 127. The van der Waals surface area contributed by atoms with Gasteiger partial charge in [0.1, 0.15) is 9.09 Å². The van der Waals surface area contributed by atoms with E-state index in [1.807, 2.05) is 6.07 Å². The quantitative estimate of drug-likeness (QED) is 0.761. The van der Waals surface area contributed by atoms with Crippen LogP contribution in [0, 0.1) is 3.57 Å². The van der Waals surface area contributed by atoms with Gasteiger partial charge in [-0.3, -0.25) is 4.72 Å². The topological polar surface area (TPSA) is 83.5 Å². The number of anilines is 1. The van der Waals surface area contributed by atoms with Crippen molar-refractivity contribution in [2.24, 2.45) is 0 Å². The first kappa shape index (κ1) is 14.3. The van der Waals surface area contributed by atoms with Gasteiger partial charge in [-0.1, -0.05) is 6.07 Å². The first-order valence-corrected chi connectivity index (χ1v) is 8.38. The number of halogens is 1. The van der Waals surface area contributed by atoms with Crippen molar-refractivity contribution >= 4 is 55.6 Å². The standard InChI is InChI=1S/C11H8INO4S2/c12-7-2-1-3-8(6-7)13-19(16,17)10-5-4-9(18-10)11(14)15/h1-6,13H,(H,14,15). The number of thiophene rings is 1. The molecule has 0 spiro atoms. The van der Waals surface area contributed by atoms with Gasteiger partial charge >= 0.3 is 5.97 Å². The molecule has 0 unspecified atom stereocenters. The summed E-state index contributed by atoms with van der Waals surface area (Å²) in [5.41, 5.74) is 0.442. The fraction of sp³-hybridized carbons (Fsp3) is 0. The highest BCUT2D eigenvalue weighted by Crippen LogP contribution is 2.24. The van der Waals surface area contributed by atoms with Gasteiger partial charge in [0, 0.05) is 9.26 Å². The Labute approximate surface area is 127 Å². The molecule has 0 aliphatic carbocycles. The van der Waals surface area contributed by atoms with Crippen molar-refractivity contribution in [3.63, 3.8) is 0 Å². The summed E-state index contributed by atoms with van der Waals surface area (Å²) < 4.78 is 27.4. The highest BCUT2D eigenvalue weighted by molar-refractivity contribution is 14.1. The molecule has 0 amide bonds. The van der Waals surface area contributed by atoms with Gasteiger partial charge in [-0.2, -0.15) is 0 Å². The van der Waals surface area contributed by atoms with Crippen molar-refractivity contribution in [3.8, 4) is 0 Å². The molecule has 0 saturated heterocycles. The summed E-state index contributed by atoms with van der Waals surface area (Å²) in [4.78, 5) is 10.7. The van der Waals surface area contributed by atoms with E-state index in [1.165, 1.54) is 12.1 Å². The molecule has 0 aliphatic heterocycles. The predicted octanol–water partition coefficient (Wildman–Crippen LogP) is 2.85. The monoisotopic (exact) mass is 409 g/mol. The van der Waals surface area contributed by atoms with Gasteiger partial charge < -0.3 is 5.11 Å². The molecule has 0 aliphatic rings. The maximum Gasteiger partial charge on any atom is 0.345 e. The van der Waals surface area contributed by atoms with Crippen molar-refractivity contribution in [2.45, 2.75) is 4.21 Å². The van der Waals surface area contributed by atoms with Gasteiger partial charge in [0.05, 0.1) is 0 Å². The summed E-state index contributed by atoms with van der Waals surface area (Å²) in [5.74, 6) is -1.14. The molecule has 2 rings (SSSR count). The average Bonchev–Trinajstić information content (AvgIpc) is 2.78. The van der Waals surface area contributed by atoms with Gasteiger partial charge in [0.15, 0.2) is 0 Å². The molecule has 5 nitrogen and oxygen atoms in total. The molecule has 19 heavy (non-hydrogen) atoms. The number of benzene rings is 1. The maximum atomic E-state index is 12.1. The Kier molecular flexibility index (Phi) is 4.11. The zero-order chi connectivity index (χ0) is 14.0. The van der Waals surface area contributed by atoms with Crippen LogP contribution in [0.15, 0.2) is 40.6 Å². The summed E-state index contributed by atoms with van der Waals surface area (Å²) in [5, 5.41) is 8.78. The number of hydrogen-bond donors (Lipinski definition) is 2. The lowest BCUT2D eigenvalue weighted by Gasteiger charge is -2.06. The van der Waals surface area contributed by atoms with E-state index in [4.69, 9.17) is 5.11 Å². The van der Waals surface area contributed by atoms with E-state index < -0.39 is 16.0 Å². The van der Waals surface area contributed by atoms with Gasteiger partial charge in [0.25, 0.3) is 10.0 Å². The Hall–Kier alpha value is -1.13. The smallest absolute Gasteiger partial charge is 0.345 e. The Bertz CT molecular complexity index is 724. The number of nitrogens with one attached hydrogen (secondary N) is 1. The lowest BCUT2D eigenvalue weighted by Crippen LogP contribution is -2.11. The van der Waals surface area contributed by atoms with E-state index in [0.29, 0.717) is 5.69 Å². The SMILES string of the molecule is O=C(O)c1ccc(S(=O)(=O)Nc2cccc(I)c2)s1. The van der Waals surface area contributed by atoms with Crippen LogP contribution in [-0.2, 0) is 10.0 Å². The second kappa shape index (κ2) is 5.47.